The van der Waals surface area contributed by atoms with Crippen LogP contribution < -0.4 is 10.6 Å². The molecule has 166 valence electrons. The summed E-state index contributed by atoms with van der Waals surface area (Å²) in [5.74, 6) is -3.41. The van der Waals surface area contributed by atoms with Gasteiger partial charge in [0.25, 0.3) is 5.91 Å². The summed E-state index contributed by atoms with van der Waals surface area (Å²) in [6.45, 7) is 1.13. The number of alkyl halides is 3. The second kappa shape index (κ2) is 8.25. The van der Waals surface area contributed by atoms with Crippen LogP contribution in [0.15, 0.2) is 18.3 Å². The highest BCUT2D eigenvalue weighted by atomic mass is 19.4. The topological polar surface area (TPSA) is 79.4 Å². The first kappa shape index (κ1) is 21.2. The lowest BCUT2D eigenvalue weighted by Gasteiger charge is -2.27. The van der Waals surface area contributed by atoms with Crippen LogP contribution in [0.1, 0.15) is 28.8 Å². The molecule has 1 saturated carbocycles. The van der Waals surface area contributed by atoms with Crippen molar-refractivity contribution in [2.75, 3.05) is 36.9 Å². The van der Waals surface area contributed by atoms with Crippen LogP contribution in [-0.4, -0.2) is 53.1 Å². The molecule has 1 aromatic heterocycles. The number of ether oxygens (including phenoxy) is 1. The van der Waals surface area contributed by atoms with E-state index in [4.69, 9.17) is 4.74 Å². The van der Waals surface area contributed by atoms with Gasteiger partial charge in [-0.1, -0.05) is 0 Å². The fraction of sp³-hybridized carbons (Fsp3) is 0.421. The second-order valence-electron chi connectivity index (χ2n) is 7.21. The molecule has 1 aromatic carbocycles. The fourth-order valence-electron chi connectivity index (χ4n) is 3.04. The van der Waals surface area contributed by atoms with Gasteiger partial charge in [0.15, 0.2) is 0 Å². The van der Waals surface area contributed by atoms with E-state index in [0.717, 1.165) is 12.1 Å². The third kappa shape index (κ3) is 4.84. The molecule has 4 rings (SSSR count). The van der Waals surface area contributed by atoms with E-state index in [9.17, 15) is 26.7 Å². The number of anilines is 3. The molecule has 2 heterocycles. The lowest BCUT2D eigenvalue weighted by atomic mass is 10.1. The van der Waals surface area contributed by atoms with Gasteiger partial charge in [-0.3, -0.25) is 4.79 Å². The summed E-state index contributed by atoms with van der Waals surface area (Å²) >= 11 is 0. The molecule has 31 heavy (non-hydrogen) atoms. The number of benzene rings is 1. The van der Waals surface area contributed by atoms with Crippen molar-refractivity contribution < 1.29 is 31.5 Å². The van der Waals surface area contributed by atoms with Crippen molar-refractivity contribution in [3.8, 4) is 0 Å². The lowest BCUT2D eigenvalue weighted by molar-refractivity contribution is -0.137. The normalized spacial score (nSPS) is 16.9. The Balaban J connectivity index is 1.57. The minimum Gasteiger partial charge on any atom is -0.378 e. The lowest BCUT2D eigenvalue weighted by Crippen LogP contribution is -2.41. The highest BCUT2D eigenvalue weighted by molar-refractivity contribution is 5.95. The summed E-state index contributed by atoms with van der Waals surface area (Å²) in [6, 6.07) is 1.37. The Hall–Kier alpha value is -3.02. The zero-order chi connectivity index (χ0) is 22.2. The van der Waals surface area contributed by atoms with Crippen molar-refractivity contribution in [3.05, 3.63) is 41.1 Å². The van der Waals surface area contributed by atoms with Gasteiger partial charge in [-0.2, -0.15) is 18.2 Å². The summed E-state index contributed by atoms with van der Waals surface area (Å²) < 4.78 is 73.7. The number of hydrogen-bond donors (Lipinski definition) is 2. The molecule has 0 spiro atoms. The minimum absolute atomic E-state index is 0.122. The monoisotopic (exact) mass is 443 g/mol. The molecule has 2 aromatic rings. The summed E-state index contributed by atoms with van der Waals surface area (Å²) in [4.78, 5) is 21.1. The fourth-order valence-corrected chi connectivity index (χ4v) is 3.04. The van der Waals surface area contributed by atoms with Crippen molar-refractivity contribution in [2.45, 2.75) is 25.1 Å². The van der Waals surface area contributed by atoms with Crippen LogP contribution in [0.4, 0.5) is 39.4 Å². The zero-order valence-corrected chi connectivity index (χ0v) is 16.1. The molecular weight excluding hydrogens is 425 g/mol. The van der Waals surface area contributed by atoms with Crippen molar-refractivity contribution in [3.63, 3.8) is 0 Å². The van der Waals surface area contributed by atoms with E-state index in [0.29, 0.717) is 32.3 Å². The summed E-state index contributed by atoms with van der Waals surface area (Å²) in [5.41, 5.74) is -1.91. The number of rotatable bonds is 5. The molecular formula is C19H18F5N5O2. The van der Waals surface area contributed by atoms with Gasteiger partial charge in [-0.25, -0.2) is 13.8 Å². The molecule has 1 amide bonds. The number of nitrogens with one attached hydrogen (secondary N) is 2. The smallest absolute Gasteiger partial charge is 0.378 e. The van der Waals surface area contributed by atoms with E-state index in [1.165, 1.54) is 4.90 Å². The molecule has 0 radical (unpaired) electrons. The van der Waals surface area contributed by atoms with Gasteiger partial charge in [0.1, 0.15) is 23.0 Å². The molecule has 1 aliphatic heterocycles. The Bertz CT molecular complexity index is 990. The summed E-state index contributed by atoms with van der Waals surface area (Å²) in [6.07, 6.45) is -2.68. The number of amides is 1. The van der Waals surface area contributed by atoms with Gasteiger partial charge in [0.05, 0.1) is 24.5 Å². The minimum atomic E-state index is -4.67. The molecule has 7 nitrogen and oxygen atoms in total. The van der Waals surface area contributed by atoms with Gasteiger partial charge in [0, 0.05) is 31.4 Å². The Morgan fingerprint density at radius 2 is 1.84 bits per heavy atom. The molecule has 0 unspecified atom stereocenters. The number of carbonyl (C=O) groups is 1. The number of halogens is 5. The average Bonchev–Trinajstić information content (AvgIpc) is 3.54. The maximum atomic E-state index is 14.6. The Morgan fingerprint density at radius 3 is 2.48 bits per heavy atom. The number of hydrogen-bond acceptors (Lipinski definition) is 6. The van der Waals surface area contributed by atoms with E-state index in [2.05, 4.69) is 20.6 Å². The number of aromatic nitrogens is 2. The van der Waals surface area contributed by atoms with Gasteiger partial charge in [-0.05, 0) is 18.9 Å². The molecule has 0 atom stereocenters. The largest absolute Gasteiger partial charge is 0.421 e. The van der Waals surface area contributed by atoms with E-state index in [1.807, 2.05) is 0 Å². The quantitative estimate of drug-likeness (QED) is 0.688. The maximum absolute atomic E-state index is 14.6. The molecule has 12 heteroatoms. The van der Waals surface area contributed by atoms with Crippen molar-refractivity contribution >= 4 is 23.4 Å². The highest BCUT2D eigenvalue weighted by Crippen LogP contribution is 2.36. The Morgan fingerprint density at radius 1 is 1.13 bits per heavy atom. The zero-order valence-electron chi connectivity index (χ0n) is 16.1. The first-order valence-electron chi connectivity index (χ1n) is 9.56. The Kier molecular flexibility index (Phi) is 5.65. The van der Waals surface area contributed by atoms with Crippen LogP contribution in [0.5, 0.6) is 0 Å². The predicted octanol–water partition coefficient (Wildman–Crippen LogP) is 3.56. The summed E-state index contributed by atoms with van der Waals surface area (Å²) in [5, 5.41) is 5.05. The average molecular weight is 443 g/mol. The molecule has 0 bridgehead atoms. The van der Waals surface area contributed by atoms with Gasteiger partial charge >= 0.3 is 6.18 Å². The standard InChI is InChI=1S/C19H18F5N5O2/c20-13-8-15(14(21)7-11(13)17(30)29-3-5-31-6-4-29)27-18-25-9-12(19(22,23)24)16(28-18)26-10-1-2-10/h7-10H,1-6H2,(H2,25,26,27,28). The van der Waals surface area contributed by atoms with E-state index in [1.54, 1.807) is 0 Å². The number of carbonyl (C=O) groups excluding carboxylic acids is 1. The number of morpholine rings is 1. The van der Waals surface area contributed by atoms with E-state index < -0.39 is 46.4 Å². The summed E-state index contributed by atoms with van der Waals surface area (Å²) in [7, 11) is 0. The predicted molar refractivity (Wildman–Crippen MR) is 100 cm³/mol. The van der Waals surface area contributed by atoms with Crippen molar-refractivity contribution in [1.29, 1.82) is 0 Å². The van der Waals surface area contributed by atoms with Crippen LogP contribution in [0.2, 0.25) is 0 Å². The first-order chi connectivity index (χ1) is 14.7. The SMILES string of the molecule is O=C(c1cc(F)c(Nc2ncc(C(F)(F)F)c(NC3CC3)n2)cc1F)N1CCOCC1. The van der Waals surface area contributed by atoms with Crippen molar-refractivity contribution in [2.24, 2.45) is 0 Å². The Labute approximate surface area is 173 Å². The number of nitrogens with zero attached hydrogens (tertiary/aromatic N) is 3. The third-order valence-corrected chi connectivity index (χ3v) is 4.84. The highest BCUT2D eigenvalue weighted by Gasteiger charge is 2.37. The van der Waals surface area contributed by atoms with Crippen molar-refractivity contribution in [1.82, 2.24) is 14.9 Å². The van der Waals surface area contributed by atoms with Gasteiger partial charge < -0.3 is 20.3 Å². The molecule has 1 saturated heterocycles. The first-order valence-corrected chi connectivity index (χ1v) is 9.56. The van der Waals surface area contributed by atoms with Crippen LogP contribution in [0.25, 0.3) is 0 Å². The maximum Gasteiger partial charge on any atom is 0.421 e. The van der Waals surface area contributed by atoms with Gasteiger partial charge in [-0.15, -0.1) is 0 Å². The van der Waals surface area contributed by atoms with Crippen LogP contribution in [-0.2, 0) is 10.9 Å². The van der Waals surface area contributed by atoms with Crippen LogP contribution in [0, 0.1) is 11.6 Å². The van der Waals surface area contributed by atoms with E-state index >= 15 is 0 Å². The molecule has 2 aliphatic rings. The van der Waals surface area contributed by atoms with E-state index in [-0.39, 0.29) is 25.1 Å². The second-order valence-corrected chi connectivity index (χ2v) is 7.21. The van der Waals surface area contributed by atoms with Gasteiger partial charge in [0.2, 0.25) is 5.95 Å². The van der Waals surface area contributed by atoms with Crippen LogP contribution in [0.3, 0.4) is 0 Å². The molecule has 1 aliphatic carbocycles. The molecule has 2 N–H and O–H groups in total. The third-order valence-electron chi connectivity index (χ3n) is 4.84. The van der Waals surface area contributed by atoms with Crippen LogP contribution >= 0.6 is 0 Å². The molecule has 2 fully saturated rings.